The van der Waals surface area contributed by atoms with E-state index in [-0.39, 0.29) is 11.8 Å². The summed E-state index contributed by atoms with van der Waals surface area (Å²) in [7, 11) is 1.69. The molecule has 0 atom stereocenters. The molecule has 1 saturated carbocycles. The standard InChI is InChI=1S/C13H26N2O2/c1-11-3-5-12(6-4-11)13(16)15-8-7-14-9-10-17-2/h11-12,14H,3-10H2,1-2H3,(H,15,16). The SMILES string of the molecule is COCCNCCNC(=O)C1CCC(C)CC1. The molecule has 1 aliphatic rings. The molecule has 0 saturated heterocycles. The Morgan fingerprint density at radius 3 is 2.53 bits per heavy atom. The lowest BCUT2D eigenvalue weighted by atomic mass is 9.82. The molecule has 17 heavy (non-hydrogen) atoms. The number of hydrogen-bond acceptors (Lipinski definition) is 3. The van der Waals surface area contributed by atoms with Gasteiger partial charge in [-0.1, -0.05) is 6.92 Å². The van der Waals surface area contributed by atoms with Gasteiger partial charge in [0, 0.05) is 32.7 Å². The second-order valence-corrected chi connectivity index (χ2v) is 4.99. The van der Waals surface area contributed by atoms with Gasteiger partial charge in [0.1, 0.15) is 0 Å². The fourth-order valence-corrected chi connectivity index (χ4v) is 2.24. The van der Waals surface area contributed by atoms with Crippen molar-refractivity contribution in [2.24, 2.45) is 11.8 Å². The van der Waals surface area contributed by atoms with Crippen LogP contribution in [0.3, 0.4) is 0 Å². The van der Waals surface area contributed by atoms with E-state index in [1.54, 1.807) is 7.11 Å². The number of carbonyl (C=O) groups is 1. The van der Waals surface area contributed by atoms with Crippen LogP contribution in [-0.2, 0) is 9.53 Å². The van der Waals surface area contributed by atoms with Crippen molar-refractivity contribution in [1.82, 2.24) is 10.6 Å². The van der Waals surface area contributed by atoms with Crippen LogP contribution in [0.15, 0.2) is 0 Å². The van der Waals surface area contributed by atoms with Crippen LogP contribution in [-0.4, -0.2) is 39.3 Å². The molecule has 1 rings (SSSR count). The van der Waals surface area contributed by atoms with Gasteiger partial charge in [-0.2, -0.15) is 0 Å². The average molecular weight is 242 g/mol. The molecule has 0 bridgehead atoms. The molecular weight excluding hydrogens is 216 g/mol. The molecule has 4 nitrogen and oxygen atoms in total. The third-order valence-corrected chi connectivity index (χ3v) is 3.47. The zero-order valence-electron chi connectivity index (χ0n) is 11.1. The number of nitrogens with one attached hydrogen (secondary N) is 2. The Morgan fingerprint density at radius 1 is 1.18 bits per heavy atom. The van der Waals surface area contributed by atoms with Gasteiger partial charge in [-0.05, 0) is 31.6 Å². The van der Waals surface area contributed by atoms with Crippen molar-refractivity contribution in [3.63, 3.8) is 0 Å². The van der Waals surface area contributed by atoms with Crippen LogP contribution in [0.2, 0.25) is 0 Å². The van der Waals surface area contributed by atoms with E-state index in [9.17, 15) is 4.79 Å². The fraction of sp³-hybridized carbons (Fsp3) is 0.923. The second-order valence-electron chi connectivity index (χ2n) is 4.99. The Hall–Kier alpha value is -0.610. The Kier molecular flexibility index (Phi) is 7.21. The summed E-state index contributed by atoms with van der Waals surface area (Å²) in [5, 5.41) is 6.21. The maximum atomic E-state index is 11.8. The van der Waals surface area contributed by atoms with Gasteiger partial charge in [-0.3, -0.25) is 4.79 Å². The highest BCUT2D eigenvalue weighted by atomic mass is 16.5. The van der Waals surface area contributed by atoms with Gasteiger partial charge in [0.25, 0.3) is 0 Å². The molecule has 100 valence electrons. The van der Waals surface area contributed by atoms with Gasteiger partial charge in [0.05, 0.1) is 6.61 Å². The smallest absolute Gasteiger partial charge is 0.223 e. The van der Waals surface area contributed by atoms with Crippen LogP contribution in [0.5, 0.6) is 0 Å². The van der Waals surface area contributed by atoms with Crippen molar-refractivity contribution in [2.75, 3.05) is 33.4 Å². The van der Waals surface area contributed by atoms with Gasteiger partial charge in [0.15, 0.2) is 0 Å². The third-order valence-electron chi connectivity index (χ3n) is 3.47. The Morgan fingerprint density at radius 2 is 1.88 bits per heavy atom. The molecule has 1 aliphatic carbocycles. The molecule has 0 heterocycles. The molecule has 4 heteroatoms. The third kappa shape index (κ3) is 6.03. The molecular formula is C13H26N2O2. The van der Waals surface area contributed by atoms with E-state index in [2.05, 4.69) is 17.6 Å². The summed E-state index contributed by atoms with van der Waals surface area (Å²) in [5.74, 6) is 1.30. The van der Waals surface area contributed by atoms with E-state index in [1.807, 2.05) is 0 Å². The first kappa shape index (κ1) is 14.5. The quantitative estimate of drug-likeness (QED) is 0.659. The largest absolute Gasteiger partial charge is 0.383 e. The Labute approximate surface area is 104 Å². The van der Waals surface area contributed by atoms with Crippen LogP contribution in [0.25, 0.3) is 0 Å². The van der Waals surface area contributed by atoms with Gasteiger partial charge >= 0.3 is 0 Å². The summed E-state index contributed by atoms with van der Waals surface area (Å²) in [4.78, 5) is 11.8. The molecule has 1 fully saturated rings. The number of hydrogen-bond donors (Lipinski definition) is 2. The molecule has 0 aromatic rings. The molecule has 0 aromatic carbocycles. The normalized spacial score (nSPS) is 24.6. The first-order valence-electron chi connectivity index (χ1n) is 6.71. The minimum absolute atomic E-state index is 0.241. The summed E-state index contributed by atoms with van der Waals surface area (Å²) in [6, 6.07) is 0. The summed E-state index contributed by atoms with van der Waals surface area (Å²) in [6.07, 6.45) is 4.52. The number of carbonyl (C=O) groups excluding carboxylic acids is 1. The zero-order chi connectivity index (χ0) is 12.5. The Bertz CT molecular complexity index is 213. The van der Waals surface area contributed by atoms with Crippen LogP contribution >= 0.6 is 0 Å². The van der Waals surface area contributed by atoms with Crippen molar-refractivity contribution in [2.45, 2.75) is 32.6 Å². The minimum atomic E-state index is 0.241. The van der Waals surface area contributed by atoms with E-state index in [0.29, 0.717) is 13.2 Å². The summed E-state index contributed by atoms with van der Waals surface area (Å²) >= 11 is 0. The first-order valence-corrected chi connectivity index (χ1v) is 6.71. The maximum absolute atomic E-state index is 11.8. The minimum Gasteiger partial charge on any atom is -0.383 e. The molecule has 0 unspecified atom stereocenters. The highest BCUT2D eigenvalue weighted by molar-refractivity contribution is 5.78. The summed E-state index contributed by atoms with van der Waals surface area (Å²) < 4.78 is 4.92. The lowest BCUT2D eigenvalue weighted by Gasteiger charge is -2.25. The fourth-order valence-electron chi connectivity index (χ4n) is 2.24. The van der Waals surface area contributed by atoms with E-state index in [1.165, 1.54) is 12.8 Å². The molecule has 1 amide bonds. The van der Waals surface area contributed by atoms with Gasteiger partial charge in [-0.25, -0.2) is 0 Å². The number of amides is 1. The topological polar surface area (TPSA) is 50.4 Å². The van der Waals surface area contributed by atoms with Gasteiger partial charge in [0.2, 0.25) is 5.91 Å². The van der Waals surface area contributed by atoms with E-state index in [4.69, 9.17) is 4.74 Å². The van der Waals surface area contributed by atoms with Gasteiger partial charge < -0.3 is 15.4 Å². The highest BCUT2D eigenvalue weighted by Crippen LogP contribution is 2.28. The predicted molar refractivity (Wildman–Crippen MR) is 68.9 cm³/mol. The van der Waals surface area contributed by atoms with Crippen LogP contribution < -0.4 is 10.6 Å². The molecule has 0 spiro atoms. The molecule has 2 N–H and O–H groups in total. The van der Waals surface area contributed by atoms with Crippen LogP contribution in [0.4, 0.5) is 0 Å². The lowest BCUT2D eigenvalue weighted by Crippen LogP contribution is -2.37. The number of rotatable bonds is 7. The zero-order valence-corrected chi connectivity index (χ0v) is 11.1. The number of methoxy groups -OCH3 is 1. The maximum Gasteiger partial charge on any atom is 0.223 e. The lowest BCUT2D eigenvalue weighted by molar-refractivity contribution is -0.126. The highest BCUT2D eigenvalue weighted by Gasteiger charge is 2.23. The molecule has 0 radical (unpaired) electrons. The van der Waals surface area contributed by atoms with Crippen LogP contribution in [0, 0.1) is 11.8 Å². The monoisotopic (exact) mass is 242 g/mol. The predicted octanol–water partition coefficient (Wildman–Crippen LogP) is 1.16. The molecule has 0 aromatic heterocycles. The van der Waals surface area contributed by atoms with Crippen molar-refractivity contribution in [3.05, 3.63) is 0 Å². The summed E-state index contributed by atoms with van der Waals surface area (Å²) in [5.41, 5.74) is 0. The molecule has 0 aliphatic heterocycles. The Balaban J connectivity index is 2.01. The van der Waals surface area contributed by atoms with Crippen molar-refractivity contribution in [3.8, 4) is 0 Å². The van der Waals surface area contributed by atoms with Crippen molar-refractivity contribution >= 4 is 5.91 Å². The van der Waals surface area contributed by atoms with Crippen molar-refractivity contribution in [1.29, 1.82) is 0 Å². The van der Waals surface area contributed by atoms with Crippen LogP contribution in [0.1, 0.15) is 32.6 Å². The summed E-state index contributed by atoms with van der Waals surface area (Å²) in [6.45, 7) is 5.36. The van der Waals surface area contributed by atoms with E-state index < -0.39 is 0 Å². The first-order chi connectivity index (χ1) is 8.24. The second kappa shape index (κ2) is 8.48. The number of ether oxygens (including phenoxy) is 1. The average Bonchev–Trinajstić information content (AvgIpc) is 2.34. The van der Waals surface area contributed by atoms with Gasteiger partial charge in [-0.15, -0.1) is 0 Å². The van der Waals surface area contributed by atoms with E-state index >= 15 is 0 Å². The van der Waals surface area contributed by atoms with Crippen molar-refractivity contribution < 1.29 is 9.53 Å². The van der Waals surface area contributed by atoms with E-state index in [0.717, 1.165) is 31.8 Å².